The van der Waals surface area contributed by atoms with Crippen molar-refractivity contribution in [3.05, 3.63) is 106 Å². The number of anilines is 2. The van der Waals surface area contributed by atoms with Gasteiger partial charge in [0, 0.05) is 33.7 Å². The van der Waals surface area contributed by atoms with Crippen molar-refractivity contribution in [2.45, 2.75) is 19.6 Å². The third kappa shape index (κ3) is 4.67. The highest BCUT2D eigenvalue weighted by Gasteiger charge is 2.29. The molecule has 4 aromatic rings. The molecule has 1 atom stereocenters. The molecule has 2 heterocycles. The van der Waals surface area contributed by atoms with E-state index >= 15 is 0 Å². The van der Waals surface area contributed by atoms with Crippen LogP contribution in [-0.4, -0.2) is 25.5 Å². The molecular formula is C27H21BrF2N4O2. The molecular weight excluding hydrogens is 530 g/mol. The Morgan fingerprint density at radius 1 is 1.06 bits per heavy atom. The maximum Gasteiger partial charge on any atom is 0.260 e. The molecule has 0 fully saturated rings. The van der Waals surface area contributed by atoms with Gasteiger partial charge in [0.25, 0.3) is 5.91 Å². The largest absolute Gasteiger partial charge is 0.378 e. The molecule has 1 aromatic heterocycles. The van der Waals surface area contributed by atoms with E-state index in [9.17, 15) is 18.7 Å². The minimum atomic E-state index is -1.68. The summed E-state index contributed by atoms with van der Waals surface area (Å²) < 4.78 is 30.2. The molecule has 0 saturated heterocycles. The number of aliphatic hydroxyl groups excluding tert-OH is 1. The van der Waals surface area contributed by atoms with Crippen molar-refractivity contribution in [1.82, 2.24) is 14.5 Å². The lowest BCUT2D eigenvalue weighted by molar-refractivity contribution is -0.138. The number of amides is 1. The number of hydrogen-bond donors (Lipinski definition) is 2. The third-order valence-corrected chi connectivity index (χ3v) is 6.39. The molecule has 0 aliphatic carbocycles. The van der Waals surface area contributed by atoms with Crippen LogP contribution in [0.1, 0.15) is 23.1 Å². The van der Waals surface area contributed by atoms with Gasteiger partial charge in [0.15, 0.2) is 6.10 Å². The molecule has 9 heteroatoms. The number of fused-ring (bicyclic) bond motifs is 1. The Morgan fingerprint density at radius 3 is 2.47 bits per heavy atom. The van der Waals surface area contributed by atoms with Gasteiger partial charge < -0.3 is 15.3 Å². The number of nitrogens with zero attached hydrogens (tertiary/aromatic N) is 3. The van der Waals surface area contributed by atoms with Crippen LogP contribution in [0.5, 0.6) is 0 Å². The Labute approximate surface area is 214 Å². The zero-order chi connectivity index (χ0) is 25.4. The number of aromatic nitrogens is 2. The van der Waals surface area contributed by atoms with Gasteiger partial charge in [0.2, 0.25) is 0 Å². The molecule has 0 bridgehead atoms. The summed E-state index contributed by atoms with van der Waals surface area (Å²) in [5.74, 6) is -0.567. The summed E-state index contributed by atoms with van der Waals surface area (Å²) in [6.07, 6.45) is 1.50. The summed E-state index contributed by atoms with van der Waals surface area (Å²) in [6, 6.07) is 18.0. The molecule has 0 spiro atoms. The summed E-state index contributed by atoms with van der Waals surface area (Å²) in [5.41, 5.74) is 3.10. The van der Waals surface area contributed by atoms with Crippen LogP contribution in [0.3, 0.4) is 0 Å². The lowest BCUT2D eigenvalue weighted by Gasteiger charge is -2.25. The standard InChI is InChI=1S/C27H21BrF2N4O2/c1-16-2-9-20(10-3-16)31-26-24(17-4-7-19(29)8-5-17)32-23-15-33(12-13-34(23)26)27(36)25(35)21-11-6-18(28)14-22(21)30/h2-14,25,31,35H,15H2,1H3. The molecule has 2 N–H and O–H groups in total. The Balaban J connectivity index is 1.48. The van der Waals surface area contributed by atoms with Gasteiger partial charge in [0.1, 0.15) is 29.0 Å². The van der Waals surface area contributed by atoms with E-state index in [0.29, 0.717) is 27.4 Å². The first-order valence-electron chi connectivity index (χ1n) is 11.1. The molecule has 3 aromatic carbocycles. The number of hydrogen-bond acceptors (Lipinski definition) is 4. The highest BCUT2D eigenvalue weighted by atomic mass is 79.9. The lowest BCUT2D eigenvalue weighted by Crippen LogP contribution is -2.33. The van der Waals surface area contributed by atoms with Crippen molar-refractivity contribution in [3.8, 4) is 11.3 Å². The number of halogens is 3. The van der Waals surface area contributed by atoms with Crippen molar-refractivity contribution >= 4 is 39.5 Å². The molecule has 1 amide bonds. The van der Waals surface area contributed by atoms with E-state index in [0.717, 1.165) is 11.3 Å². The number of aliphatic hydroxyl groups is 1. The first-order valence-corrected chi connectivity index (χ1v) is 11.9. The smallest absolute Gasteiger partial charge is 0.260 e. The Kier molecular flexibility index (Phi) is 6.42. The van der Waals surface area contributed by atoms with Crippen LogP contribution >= 0.6 is 15.9 Å². The van der Waals surface area contributed by atoms with E-state index in [4.69, 9.17) is 4.98 Å². The number of nitrogens with one attached hydrogen (secondary N) is 1. The Hall–Kier alpha value is -3.82. The fourth-order valence-electron chi connectivity index (χ4n) is 3.97. The first-order chi connectivity index (χ1) is 17.3. The lowest BCUT2D eigenvalue weighted by atomic mass is 10.1. The molecule has 6 nitrogen and oxygen atoms in total. The highest BCUT2D eigenvalue weighted by molar-refractivity contribution is 9.10. The maximum absolute atomic E-state index is 14.3. The van der Waals surface area contributed by atoms with Crippen LogP contribution in [0.2, 0.25) is 0 Å². The summed E-state index contributed by atoms with van der Waals surface area (Å²) in [5, 5.41) is 14.0. The van der Waals surface area contributed by atoms with E-state index in [2.05, 4.69) is 21.2 Å². The average molecular weight is 551 g/mol. The van der Waals surface area contributed by atoms with Gasteiger partial charge in [-0.1, -0.05) is 39.7 Å². The van der Waals surface area contributed by atoms with E-state index in [1.165, 1.54) is 35.4 Å². The topological polar surface area (TPSA) is 70.4 Å². The normalized spacial score (nSPS) is 13.4. The van der Waals surface area contributed by atoms with Crippen LogP contribution in [0.15, 0.2) is 77.4 Å². The molecule has 182 valence electrons. The molecule has 36 heavy (non-hydrogen) atoms. The van der Waals surface area contributed by atoms with Gasteiger partial charge in [-0.25, -0.2) is 13.8 Å². The van der Waals surface area contributed by atoms with Gasteiger partial charge in [-0.3, -0.25) is 9.36 Å². The van der Waals surface area contributed by atoms with Crippen LogP contribution in [-0.2, 0) is 11.3 Å². The molecule has 1 aliphatic heterocycles. The van der Waals surface area contributed by atoms with E-state index < -0.39 is 17.8 Å². The van der Waals surface area contributed by atoms with Gasteiger partial charge in [-0.05, 0) is 55.5 Å². The van der Waals surface area contributed by atoms with Gasteiger partial charge in [0.05, 0.1) is 6.54 Å². The van der Waals surface area contributed by atoms with Gasteiger partial charge in [-0.15, -0.1) is 0 Å². The monoisotopic (exact) mass is 550 g/mol. The summed E-state index contributed by atoms with van der Waals surface area (Å²) in [6.45, 7) is 2.05. The summed E-state index contributed by atoms with van der Waals surface area (Å²) >= 11 is 3.17. The second-order valence-electron chi connectivity index (χ2n) is 8.43. The quantitative estimate of drug-likeness (QED) is 0.313. The molecule has 5 rings (SSSR count). The van der Waals surface area contributed by atoms with Gasteiger partial charge in [-0.2, -0.15) is 0 Å². The molecule has 0 saturated carbocycles. The number of aryl methyl sites for hydroxylation is 1. The van der Waals surface area contributed by atoms with Crippen molar-refractivity contribution in [1.29, 1.82) is 0 Å². The van der Waals surface area contributed by atoms with Crippen LogP contribution in [0, 0.1) is 18.6 Å². The van der Waals surface area contributed by atoms with Crippen LogP contribution in [0.4, 0.5) is 20.3 Å². The number of benzene rings is 3. The number of carbonyl (C=O) groups excluding carboxylic acids is 1. The minimum Gasteiger partial charge on any atom is -0.378 e. The fraction of sp³-hybridized carbons (Fsp3) is 0.111. The van der Waals surface area contributed by atoms with Crippen molar-refractivity contribution in [2.24, 2.45) is 0 Å². The fourth-order valence-corrected chi connectivity index (χ4v) is 4.30. The average Bonchev–Trinajstić information content (AvgIpc) is 3.22. The van der Waals surface area contributed by atoms with Crippen LogP contribution < -0.4 is 5.32 Å². The van der Waals surface area contributed by atoms with Gasteiger partial charge >= 0.3 is 0 Å². The number of rotatable bonds is 5. The molecule has 1 aliphatic rings. The predicted octanol–water partition coefficient (Wildman–Crippen LogP) is 6.15. The minimum absolute atomic E-state index is 0.0499. The molecule has 1 unspecified atom stereocenters. The van der Waals surface area contributed by atoms with E-state index in [-0.39, 0.29) is 17.9 Å². The summed E-state index contributed by atoms with van der Waals surface area (Å²) in [7, 11) is 0. The summed E-state index contributed by atoms with van der Waals surface area (Å²) in [4.78, 5) is 19.0. The van der Waals surface area contributed by atoms with Crippen molar-refractivity contribution in [3.63, 3.8) is 0 Å². The number of carbonyl (C=O) groups is 1. The maximum atomic E-state index is 14.3. The SMILES string of the molecule is Cc1ccc(Nc2c(-c3ccc(F)cc3)nc3n2C=CN(C(=O)C(O)c2ccc(Br)cc2F)C3)cc1. The third-order valence-electron chi connectivity index (χ3n) is 5.90. The van der Waals surface area contributed by atoms with Crippen LogP contribution in [0.25, 0.3) is 17.5 Å². The predicted molar refractivity (Wildman–Crippen MR) is 137 cm³/mol. The highest BCUT2D eigenvalue weighted by Crippen LogP contribution is 2.34. The zero-order valence-corrected chi connectivity index (χ0v) is 20.7. The number of imidazole rings is 1. The second-order valence-corrected chi connectivity index (χ2v) is 9.34. The van der Waals surface area contributed by atoms with Crippen molar-refractivity contribution < 1.29 is 18.7 Å². The Bertz CT molecular complexity index is 1470. The zero-order valence-electron chi connectivity index (χ0n) is 19.1. The first kappa shape index (κ1) is 23.9. The van der Waals surface area contributed by atoms with E-state index in [1.54, 1.807) is 29.0 Å². The van der Waals surface area contributed by atoms with E-state index in [1.807, 2.05) is 31.2 Å². The Morgan fingerprint density at radius 2 is 1.78 bits per heavy atom. The second kappa shape index (κ2) is 9.67. The van der Waals surface area contributed by atoms with Crippen molar-refractivity contribution in [2.75, 3.05) is 5.32 Å². The molecule has 0 radical (unpaired) electrons.